The second kappa shape index (κ2) is 5.34. The highest BCUT2D eigenvalue weighted by atomic mass is 16.5. The number of aromatic amines is 1. The summed E-state index contributed by atoms with van der Waals surface area (Å²) in [5.74, 6) is 1.06. The van der Waals surface area contributed by atoms with Gasteiger partial charge in [-0.2, -0.15) is 0 Å². The molecule has 0 radical (unpaired) electrons. The third-order valence-corrected chi connectivity index (χ3v) is 4.25. The van der Waals surface area contributed by atoms with Crippen molar-refractivity contribution in [3.05, 3.63) is 70.0 Å². The number of aromatic nitrogens is 1. The van der Waals surface area contributed by atoms with Crippen molar-refractivity contribution < 1.29 is 4.74 Å². The Morgan fingerprint density at radius 2 is 1.77 bits per heavy atom. The summed E-state index contributed by atoms with van der Waals surface area (Å²) < 4.78 is 5.73. The summed E-state index contributed by atoms with van der Waals surface area (Å²) >= 11 is 0. The summed E-state index contributed by atoms with van der Waals surface area (Å²) in [5, 5.41) is 0. The lowest BCUT2D eigenvalue weighted by atomic mass is 9.93. The van der Waals surface area contributed by atoms with E-state index in [0.29, 0.717) is 17.1 Å². The Labute approximate surface area is 128 Å². The van der Waals surface area contributed by atoms with Crippen LogP contribution in [-0.2, 0) is 12.8 Å². The van der Waals surface area contributed by atoms with E-state index in [9.17, 15) is 4.79 Å². The fourth-order valence-corrected chi connectivity index (χ4v) is 3.10. The van der Waals surface area contributed by atoms with Crippen molar-refractivity contribution in [2.24, 2.45) is 0 Å². The van der Waals surface area contributed by atoms with Gasteiger partial charge in [-0.15, -0.1) is 0 Å². The normalized spacial score (nSPS) is 13.8. The summed E-state index contributed by atoms with van der Waals surface area (Å²) in [6, 6.07) is 15.1. The predicted molar refractivity (Wildman–Crippen MR) is 86.8 cm³/mol. The molecule has 0 amide bonds. The molecule has 1 N–H and O–H groups in total. The van der Waals surface area contributed by atoms with Gasteiger partial charge in [0.2, 0.25) is 5.43 Å². The van der Waals surface area contributed by atoms with Crippen molar-refractivity contribution in [1.82, 2.24) is 4.98 Å². The molecule has 1 aromatic rings. The lowest BCUT2D eigenvalue weighted by Gasteiger charge is -2.19. The predicted octanol–water partition coefficient (Wildman–Crippen LogP) is 4.15. The summed E-state index contributed by atoms with van der Waals surface area (Å²) in [6.45, 7) is 0. The number of ether oxygens (including phenoxy) is 1. The van der Waals surface area contributed by atoms with Gasteiger partial charge in [0.1, 0.15) is 5.75 Å². The Bertz CT molecular complexity index is 836. The van der Waals surface area contributed by atoms with Gasteiger partial charge in [-0.1, -0.05) is 18.2 Å². The van der Waals surface area contributed by atoms with Gasteiger partial charge in [0.25, 0.3) is 0 Å². The SMILES string of the molecule is O=c1c(Oc2ccccc2)ccc2[nH]c3c(cc1-2)CCCC3. The molecular weight excluding hydrogens is 274 g/mol. The van der Waals surface area contributed by atoms with Crippen LogP contribution in [0.4, 0.5) is 0 Å². The van der Waals surface area contributed by atoms with Crippen LogP contribution in [0.3, 0.4) is 0 Å². The molecule has 1 heterocycles. The lowest BCUT2D eigenvalue weighted by molar-refractivity contribution is 0.478. The number of nitrogens with one attached hydrogen (secondary N) is 1. The molecule has 4 rings (SSSR count). The maximum Gasteiger partial charge on any atom is 0.230 e. The van der Waals surface area contributed by atoms with Gasteiger partial charge in [0, 0.05) is 17.0 Å². The molecule has 3 heteroatoms. The number of hydrogen-bond acceptors (Lipinski definition) is 2. The average molecular weight is 291 g/mol. The number of aryl methyl sites for hydroxylation is 2. The van der Waals surface area contributed by atoms with E-state index in [1.54, 1.807) is 6.07 Å². The monoisotopic (exact) mass is 291 g/mol. The maximum atomic E-state index is 12.7. The van der Waals surface area contributed by atoms with Crippen molar-refractivity contribution in [2.75, 3.05) is 0 Å². The van der Waals surface area contributed by atoms with Crippen LogP contribution in [0, 0.1) is 0 Å². The molecule has 110 valence electrons. The zero-order valence-electron chi connectivity index (χ0n) is 12.3. The summed E-state index contributed by atoms with van der Waals surface area (Å²) in [6.07, 6.45) is 4.53. The topological polar surface area (TPSA) is 42.1 Å². The van der Waals surface area contributed by atoms with Crippen LogP contribution in [0.5, 0.6) is 11.5 Å². The van der Waals surface area contributed by atoms with Gasteiger partial charge in [-0.3, -0.25) is 4.79 Å². The fourth-order valence-electron chi connectivity index (χ4n) is 3.10. The zero-order valence-corrected chi connectivity index (χ0v) is 12.3. The minimum absolute atomic E-state index is 0.0500. The maximum absolute atomic E-state index is 12.7. The summed E-state index contributed by atoms with van der Waals surface area (Å²) in [4.78, 5) is 16.1. The first-order valence-electron chi connectivity index (χ1n) is 7.72. The molecule has 0 bridgehead atoms. The highest BCUT2D eigenvalue weighted by Crippen LogP contribution is 2.28. The highest BCUT2D eigenvalue weighted by Gasteiger charge is 2.17. The average Bonchev–Trinajstić information content (AvgIpc) is 2.57. The molecule has 3 nitrogen and oxygen atoms in total. The molecular formula is C19H17NO2. The lowest BCUT2D eigenvalue weighted by Crippen LogP contribution is -2.14. The smallest absolute Gasteiger partial charge is 0.230 e. The molecule has 0 saturated carbocycles. The van der Waals surface area contributed by atoms with Crippen molar-refractivity contribution in [1.29, 1.82) is 0 Å². The summed E-state index contributed by atoms with van der Waals surface area (Å²) in [5.41, 5.74) is 4.11. The van der Waals surface area contributed by atoms with Crippen molar-refractivity contribution >= 4 is 0 Å². The van der Waals surface area contributed by atoms with Gasteiger partial charge >= 0.3 is 0 Å². The quantitative estimate of drug-likeness (QED) is 0.770. The molecule has 0 unspecified atom stereocenters. The van der Waals surface area contributed by atoms with E-state index in [0.717, 1.165) is 18.5 Å². The Hall–Kier alpha value is -2.55. The first-order valence-corrected chi connectivity index (χ1v) is 7.72. The molecule has 0 spiro atoms. The van der Waals surface area contributed by atoms with E-state index in [-0.39, 0.29) is 5.43 Å². The number of fused-ring (bicyclic) bond motifs is 2. The number of pyridine rings is 1. The third kappa shape index (κ3) is 2.29. The Kier molecular flexibility index (Phi) is 3.19. The molecule has 0 atom stereocenters. The molecule has 1 aromatic carbocycles. The van der Waals surface area contributed by atoms with Crippen LogP contribution in [0.2, 0.25) is 0 Å². The molecule has 0 aromatic heterocycles. The van der Waals surface area contributed by atoms with E-state index in [1.807, 2.05) is 42.5 Å². The molecule has 22 heavy (non-hydrogen) atoms. The number of rotatable bonds is 2. The Balaban J connectivity index is 1.80. The van der Waals surface area contributed by atoms with Gasteiger partial charge in [-0.25, -0.2) is 0 Å². The van der Waals surface area contributed by atoms with E-state index in [4.69, 9.17) is 4.74 Å². The van der Waals surface area contributed by atoms with Crippen LogP contribution in [0.15, 0.2) is 53.3 Å². The van der Waals surface area contributed by atoms with Crippen LogP contribution in [-0.4, -0.2) is 4.98 Å². The minimum Gasteiger partial charge on any atom is -0.453 e. The van der Waals surface area contributed by atoms with E-state index in [2.05, 4.69) is 4.98 Å². The molecule has 0 fully saturated rings. The van der Waals surface area contributed by atoms with Crippen LogP contribution in [0.25, 0.3) is 11.3 Å². The first-order chi connectivity index (χ1) is 10.8. The third-order valence-electron chi connectivity index (χ3n) is 4.25. The standard InChI is InChI=1S/C19H17NO2/c21-19-15-12-13-6-4-5-9-16(13)20-17(15)10-11-18(19)22-14-7-2-1-3-8-14/h1-3,7-8,10-12,20H,4-6,9H2. The largest absolute Gasteiger partial charge is 0.453 e. The zero-order chi connectivity index (χ0) is 14.9. The van der Waals surface area contributed by atoms with Crippen molar-refractivity contribution in [3.63, 3.8) is 0 Å². The van der Waals surface area contributed by atoms with E-state index in [1.165, 1.54) is 24.1 Å². The van der Waals surface area contributed by atoms with Crippen molar-refractivity contribution in [3.8, 4) is 22.8 Å². The van der Waals surface area contributed by atoms with Gasteiger partial charge in [0.15, 0.2) is 5.75 Å². The van der Waals surface area contributed by atoms with Gasteiger partial charge < -0.3 is 9.72 Å². The summed E-state index contributed by atoms with van der Waals surface area (Å²) in [7, 11) is 0. The fraction of sp³-hybridized carbons (Fsp3) is 0.211. The second-order valence-corrected chi connectivity index (χ2v) is 5.75. The van der Waals surface area contributed by atoms with Crippen molar-refractivity contribution in [2.45, 2.75) is 25.7 Å². The number of para-hydroxylation sites is 1. The van der Waals surface area contributed by atoms with E-state index < -0.39 is 0 Å². The van der Waals surface area contributed by atoms with Crippen LogP contribution in [0.1, 0.15) is 24.1 Å². The Morgan fingerprint density at radius 3 is 2.64 bits per heavy atom. The minimum atomic E-state index is -0.0500. The second-order valence-electron chi connectivity index (χ2n) is 5.75. The molecule has 1 aliphatic heterocycles. The van der Waals surface area contributed by atoms with Gasteiger partial charge in [-0.05, 0) is 61.6 Å². The first kappa shape index (κ1) is 13.1. The number of hydrogen-bond donors (Lipinski definition) is 1. The highest BCUT2D eigenvalue weighted by molar-refractivity contribution is 5.65. The van der Waals surface area contributed by atoms with Gasteiger partial charge in [0.05, 0.1) is 0 Å². The molecule has 2 aliphatic carbocycles. The van der Waals surface area contributed by atoms with Crippen LogP contribution < -0.4 is 10.2 Å². The number of benzene rings is 2. The molecule has 3 aliphatic rings. The van der Waals surface area contributed by atoms with E-state index >= 15 is 0 Å². The van der Waals surface area contributed by atoms with Crippen LogP contribution >= 0.6 is 0 Å². The Morgan fingerprint density at radius 1 is 0.955 bits per heavy atom. The molecule has 0 saturated heterocycles. The number of H-pyrrole nitrogens is 1.